The number of aliphatic imine (C=N–C) groups is 1. The Kier molecular flexibility index (Phi) is 10.7. The van der Waals surface area contributed by atoms with Crippen molar-refractivity contribution in [2.75, 3.05) is 20.2 Å². The van der Waals surface area contributed by atoms with Crippen molar-refractivity contribution in [2.24, 2.45) is 4.99 Å². The van der Waals surface area contributed by atoms with Crippen LogP contribution in [0, 0.1) is 6.92 Å². The van der Waals surface area contributed by atoms with Crippen molar-refractivity contribution >= 4 is 41.3 Å². The Morgan fingerprint density at radius 3 is 2.64 bits per heavy atom. The zero-order valence-corrected chi connectivity index (χ0v) is 18.2. The number of nitrogens with zero attached hydrogens (tertiary/aromatic N) is 2. The van der Waals surface area contributed by atoms with Crippen LogP contribution in [0.1, 0.15) is 27.9 Å². The number of rotatable bonds is 8. The highest BCUT2D eigenvalue weighted by atomic mass is 127. The fourth-order valence-electron chi connectivity index (χ4n) is 2.29. The molecule has 1 aromatic carbocycles. The Morgan fingerprint density at radius 2 is 2.00 bits per heavy atom. The first-order valence-electron chi connectivity index (χ1n) is 8.23. The van der Waals surface area contributed by atoms with Crippen LogP contribution < -0.4 is 10.6 Å². The molecule has 0 aliphatic rings. The molecule has 1 aromatic heterocycles. The molecule has 7 heteroatoms. The molecule has 0 aliphatic carbocycles. The summed E-state index contributed by atoms with van der Waals surface area (Å²) >= 11 is 1.74. The van der Waals surface area contributed by atoms with Crippen LogP contribution in [0.25, 0.3) is 0 Å². The molecule has 0 unspecified atom stereocenters. The summed E-state index contributed by atoms with van der Waals surface area (Å²) in [4.78, 5) is 9.90. The summed E-state index contributed by atoms with van der Waals surface area (Å²) in [5.41, 5.74) is 2.44. The number of hydrogen-bond donors (Lipinski definition) is 2. The lowest BCUT2D eigenvalue weighted by molar-refractivity contribution is 0.133. The van der Waals surface area contributed by atoms with Crippen molar-refractivity contribution in [2.45, 2.75) is 33.4 Å². The van der Waals surface area contributed by atoms with Gasteiger partial charge in [-0.2, -0.15) is 0 Å². The van der Waals surface area contributed by atoms with Crippen molar-refractivity contribution < 1.29 is 4.74 Å². The number of aryl methyl sites for hydroxylation is 1. The molecule has 2 aromatic rings. The predicted molar refractivity (Wildman–Crippen MR) is 116 cm³/mol. The Labute approximate surface area is 171 Å². The van der Waals surface area contributed by atoms with Gasteiger partial charge in [0.2, 0.25) is 0 Å². The van der Waals surface area contributed by atoms with Gasteiger partial charge in [-0.1, -0.05) is 24.3 Å². The Hall–Kier alpha value is -1.19. The first-order chi connectivity index (χ1) is 11.7. The Bertz CT molecular complexity index is 660. The van der Waals surface area contributed by atoms with E-state index in [-0.39, 0.29) is 24.0 Å². The van der Waals surface area contributed by atoms with Gasteiger partial charge < -0.3 is 15.4 Å². The minimum absolute atomic E-state index is 0. The van der Waals surface area contributed by atoms with Gasteiger partial charge in [-0.15, -0.1) is 35.3 Å². The maximum Gasteiger partial charge on any atom is 0.191 e. The third kappa shape index (κ3) is 7.70. The molecule has 0 spiro atoms. The van der Waals surface area contributed by atoms with E-state index in [1.807, 2.05) is 25.3 Å². The van der Waals surface area contributed by atoms with E-state index in [1.54, 1.807) is 18.4 Å². The lowest BCUT2D eigenvalue weighted by atomic mass is 10.1. The summed E-state index contributed by atoms with van der Waals surface area (Å²) in [5, 5.41) is 7.85. The molecule has 2 N–H and O–H groups in total. The lowest BCUT2D eigenvalue weighted by Gasteiger charge is -2.14. The van der Waals surface area contributed by atoms with Crippen molar-refractivity contribution in [3.63, 3.8) is 0 Å². The van der Waals surface area contributed by atoms with Gasteiger partial charge in [0.25, 0.3) is 0 Å². The quantitative estimate of drug-likeness (QED) is 0.349. The van der Waals surface area contributed by atoms with Gasteiger partial charge in [-0.05, 0) is 25.0 Å². The normalized spacial score (nSPS) is 11.1. The smallest absolute Gasteiger partial charge is 0.191 e. The molecule has 0 saturated heterocycles. The third-order valence-corrected chi connectivity index (χ3v) is 4.52. The predicted octanol–water partition coefficient (Wildman–Crippen LogP) is 3.51. The zero-order chi connectivity index (χ0) is 17.2. The molecule has 0 saturated carbocycles. The van der Waals surface area contributed by atoms with Crippen molar-refractivity contribution in [1.82, 2.24) is 15.6 Å². The lowest BCUT2D eigenvalue weighted by Crippen LogP contribution is -2.38. The van der Waals surface area contributed by atoms with Crippen LogP contribution in [0.2, 0.25) is 0 Å². The average Bonchev–Trinajstić information content (AvgIpc) is 3.02. The minimum Gasteiger partial charge on any atom is -0.377 e. The van der Waals surface area contributed by atoms with Crippen LogP contribution in [-0.2, 0) is 24.3 Å². The van der Waals surface area contributed by atoms with E-state index < -0.39 is 0 Å². The maximum atomic E-state index is 5.53. The highest BCUT2D eigenvalue weighted by Gasteiger charge is 2.04. The van der Waals surface area contributed by atoms with Crippen LogP contribution in [0.15, 0.2) is 35.5 Å². The van der Waals surface area contributed by atoms with Gasteiger partial charge in [0.05, 0.1) is 11.6 Å². The van der Waals surface area contributed by atoms with Gasteiger partial charge in [-0.25, -0.2) is 4.98 Å². The summed E-state index contributed by atoms with van der Waals surface area (Å²) < 4.78 is 5.53. The minimum atomic E-state index is 0. The fraction of sp³-hybridized carbons (Fsp3) is 0.444. The molecule has 138 valence electrons. The summed E-state index contributed by atoms with van der Waals surface area (Å²) in [7, 11) is 1.79. The van der Waals surface area contributed by atoms with Crippen LogP contribution in [0.3, 0.4) is 0 Å². The van der Waals surface area contributed by atoms with Crippen LogP contribution >= 0.6 is 35.3 Å². The number of nitrogens with one attached hydrogen (secondary N) is 2. The van der Waals surface area contributed by atoms with Crippen LogP contribution in [0.5, 0.6) is 0 Å². The Balaban J connectivity index is 0.00000312. The summed E-state index contributed by atoms with van der Waals surface area (Å²) in [6.45, 7) is 6.99. The first-order valence-corrected chi connectivity index (χ1v) is 9.05. The van der Waals surface area contributed by atoms with E-state index >= 15 is 0 Å². The number of hydrogen-bond acceptors (Lipinski definition) is 4. The average molecular weight is 474 g/mol. The standard InChI is InChI=1S/C18H26N4OS.HI/c1-4-23-13-16-8-6-5-7-15(16)12-22-18(19-3)20-10-9-17-21-11-14(2)24-17;/h5-8,11H,4,9-10,12-13H2,1-3H3,(H2,19,20,22);1H. The van der Waals surface area contributed by atoms with Crippen molar-refractivity contribution in [1.29, 1.82) is 0 Å². The third-order valence-electron chi connectivity index (χ3n) is 3.55. The van der Waals surface area contributed by atoms with Gasteiger partial charge in [0.1, 0.15) is 0 Å². The molecule has 0 aliphatic heterocycles. The van der Waals surface area contributed by atoms with E-state index in [1.165, 1.54) is 16.0 Å². The summed E-state index contributed by atoms with van der Waals surface area (Å²) in [6.07, 6.45) is 2.82. The monoisotopic (exact) mass is 474 g/mol. The largest absolute Gasteiger partial charge is 0.377 e. The second-order valence-corrected chi connectivity index (χ2v) is 6.69. The molecular weight excluding hydrogens is 447 g/mol. The Morgan fingerprint density at radius 1 is 1.24 bits per heavy atom. The molecule has 1 heterocycles. The van der Waals surface area contributed by atoms with E-state index in [2.05, 4.69) is 39.7 Å². The summed E-state index contributed by atoms with van der Waals surface area (Å²) in [6, 6.07) is 8.31. The molecule has 0 amide bonds. The SMILES string of the molecule is CCOCc1ccccc1CNC(=NC)NCCc1ncc(C)s1.I. The van der Waals surface area contributed by atoms with Gasteiger partial charge in [0.15, 0.2) is 5.96 Å². The highest BCUT2D eigenvalue weighted by molar-refractivity contribution is 14.0. The highest BCUT2D eigenvalue weighted by Crippen LogP contribution is 2.11. The van der Waals surface area contributed by atoms with E-state index in [9.17, 15) is 0 Å². The number of aromatic nitrogens is 1. The van der Waals surface area contributed by atoms with Crippen molar-refractivity contribution in [3.8, 4) is 0 Å². The first kappa shape index (κ1) is 21.9. The zero-order valence-electron chi connectivity index (χ0n) is 15.0. The number of thiazole rings is 1. The molecule has 2 rings (SSSR count). The van der Waals surface area contributed by atoms with Crippen LogP contribution in [0.4, 0.5) is 0 Å². The molecule has 5 nitrogen and oxygen atoms in total. The van der Waals surface area contributed by atoms with E-state index in [0.717, 1.165) is 37.1 Å². The number of ether oxygens (including phenoxy) is 1. The topological polar surface area (TPSA) is 58.5 Å². The molecule has 0 atom stereocenters. The molecule has 25 heavy (non-hydrogen) atoms. The second-order valence-electron chi connectivity index (χ2n) is 5.37. The van der Waals surface area contributed by atoms with Gasteiger partial charge in [0, 0.05) is 44.2 Å². The maximum absolute atomic E-state index is 5.53. The van der Waals surface area contributed by atoms with E-state index in [4.69, 9.17) is 4.74 Å². The van der Waals surface area contributed by atoms with Crippen molar-refractivity contribution in [3.05, 3.63) is 51.5 Å². The molecule has 0 fully saturated rings. The van der Waals surface area contributed by atoms with E-state index in [0.29, 0.717) is 6.61 Å². The number of benzene rings is 1. The van der Waals surface area contributed by atoms with Gasteiger partial charge in [-0.3, -0.25) is 4.99 Å². The number of halogens is 1. The number of guanidine groups is 1. The van der Waals surface area contributed by atoms with Crippen LogP contribution in [-0.4, -0.2) is 31.1 Å². The molecular formula is C18H27IN4OS. The fourth-order valence-corrected chi connectivity index (χ4v) is 3.07. The summed E-state index contributed by atoms with van der Waals surface area (Å²) in [5.74, 6) is 0.800. The molecule has 0 radical (unpaired) electrons. The molecule has 0 bridgehead atoms. The second kappa shape index (κ2) is 12.2. The van der Waals surface area contributed by atoms with Gasteiger partial charge >= 0.3 is 0 Å².